The van der Waals surface area contributed by atoms with Gasteiger partial charge in [0.05, 0.1) is 32.1 Å². The normalized spacial score (nSPS) is 18.7. The number of hydrogen-bond donors (Lipinski definition) is 2. The zero-order valence-electron chi connectivity index (χ0n) is 16.2. The Morgan fingerprint density at radius 2 is 1.74 bits per heavy atom. The summed E-state index contributed by atoms with van der Waals surface area (Å²) in [6, 6.07) is 3.90. The second-order valence-electron chi connectivity index (χ2n) is 6.29. The number of morpholine rings is 1. The van der Waals surface area contributed by atoms with Crippen molar-refractivity contribution in [3.05, 3.63) is 12.1 Å². The maximum atomic E-state index is 5.88. The molecule has 2 aliphatic rings. The van der Waals surface area contributed by atoms with Crippen molar-refractivity contribution in [1.82, 2.24) is 15.9 Å². The standard InChI is InChI=1S/C18H30N6O3/c1-3-26-17-14-16(23-9-11-25-12-10-23)18(27-4-2)13-15(17)20-21-22-24-7-5-19-6-8-24/h13-14,19H,3-12H2,1-2H3,(H,20,22). The third-order valence-electron chi connectivity index (χ3n) is 4.45. The number of nitrogens with one attached hydrogen (secondary N) is 2. The third kappa shape index (κ3) is 5.44. The van der Waals surface area contributed by atoms with Crippen molar-refractivity contribution in [1.29, 1.82) is 0 Å². The van der Waals surface area contributed by atoms with E-state index in [0.29, 0.717) is 37.9 Å². The zero-order chi connectivity index (χ0) is 18.9. The van der Waals surface area contributed by atoms with E-state index in [1.54, 1.807) is 0 Å². The fourth-order valence-corrected chi connectivity index (χ4v) is 3.11. The summed E-state index contributed by atoms with van der Waals surface area (Å²) in [7, 11) is 0. The molecule has 0 aliphatic carbocycles. The summed E-state index contributed by atoms with van der Waals surface area (Å²) < 4.78 is 17.2. The van der Waals surface area contributed by atoms with Gasteiger partial charge in [-0.25, -0.2) is 10.5 Å². The Hall–Kier alpha value is -2.10. The molecule has 0 bridgehead atoms. The quantitative estimate of drug-likeness (QED) is 0.526. The van der Waals surface area contributed by atoms with Gasteiger partial charge < -0.3 is 24.4 Å². The summed E-state index contributed by atoms with van der Waals surface area (Å²) in [5.74, 6) is 1.49. The number of anilines is 1. The van der Waals surface area contributed by atoms with Crippen LogP contribution in [0.25, 0.3) is 0 Å². The monoisotopic (exact) mass is 378 g/mol. The summed E-state index contributed by atoms with van der Waals surface area (Å²) in [5, 5.41) is 13.8. The second kappa shape index (κ2) is 10.3. The van der Waals surface area contributed by atoms with Gasteiger partial charge in [0.2, 0.25) is 0 Å². The van der Waals surface area contributed by atoms with Crippen LogP contribution >= 0.6 is 0 Å². The van der Waals surface area contributed by atoms with Crippen molar-refractivity contribution in [3.8, 4) is 11.5 Å². The first kappa shape index (κ1) is 19.7. The van der Waals surface area contributed by atoms with E-state index in [4.69, 9.17) is 14.2 Å². The Bertz CT molecular complexity index is 615. The molecule has 3 rings (SSSR count). The van der Waals surface area contributed by atoms with Crippen LogP contribution in [0.4, 0.5) is 11.4 Å². The summed E-state index contributed by atoms with van der Waals surface area (Å²) in [6.07, 6.45) is 0. The number of piperazine rings is 1. The van der Waals surface area contributed by atoms with Crippen LogP contribution in [0.3, 0.4) is 0 Å². The highest BCUT2D eigenvalue weighted by Gasteiger charge is 2.19. The molecule has 0 saturated carbocycles. The number of hydrogen-bond acceptors (Lipinski definition) is 8. The molecular weight excluding hydrogens is 348 g/mol. The number of hydrazine groups is 1. The molecule has 0 spiro atoms. The van der Waals surface area contributed by atoms with Crippen LogP contribution in [-0.4, -0.2) is 70.7 Å². The van der Waals surface area contributed by atoms with Crippen molar-refractivity contribution < 1.29 is 14.2 Å². The highest BCUT2D eigenvalue weighted by atomic mass is 16.5. The molecule has 1 aromatic rings. The fourth-order valence-electron chi connectivity index (χ4n) is 3.11. The van der Waals surface area contributed by atoms with Gasteiger partial charge in [-0.3, -0.25) is 0 Å². The molecule has 2 N–H and O–H groups in total. The molecule has 0 unspecified atom stereocenters. The van der Waals surface area contributed by atoms with Crippen molar-refractivity contribution in [2.75, 3.05) is 70.6 Å². The number of benzene rings is 1. The van der Waals surface area contributed by atoms with Crippen LogP contribution in [0.1, 0.15) is 13.8 Å². The molecule has 2 heterocycles. The first-order valence-electron chi connectivity index (χ1n) is 9.70. The molecule has 0 radical (unpaired) electrons. The van der Waals surface area contributed by atoms with Crippen LogP contribution in [0, 0.1) is 0 Å². The van der Waals surface area contributed by atoms with E-state index < -0.39 is 0 Å². The first-order valence-corrected chi connectivity index (χ1v) is 9.70. The molecule has 0 amide bonds. The van der Waals surface area contributed by atoms with Crippen LogP contribution < -0.4 is 25.2 Å². The van der Waals surface area contributed by atoms with E-state index in [-0.39, 0.29) is 0 Å². The lowest BCUT2D eigenvalue weighted by Gasteiger charge is -2.30. The first-order chi connectivity index (χ1) is 13.3. The fraction of sp³-hybridized carbons (Fsp3) is 0.667. The van der Waals surface area contributed by atoms with E-state index in [1.165, 1.54) is 0 Å². The Labute approximate surface area is 160 Å². The SMILES string of the molecule is CCOc1cc(N2CCOCC2)c(OCC)cc1N=NNN1CCNCC1. The summed E-state index contributed by atoms with van der Waals surface area (Å²) in [6.45, 7) is 11.8. The van der Waals surface area contributed by atoms with Gasteiger partial charge in [-0.15, -0.1) is 5.11 Å². The highest BCUT2D eigenvalue weighted by Crippen LogP contribution is 2.40. The van der Waals surface area contributed by atoms with Gasteiger partial charge in [0.15, 0.2) is 0 Å². The molecule has 2 aliphatic heterocycles. The number of nitrogens with zero attached hydrogens (tertiary/aromatic N) is 4. The predicted octanol–water partition coefficient (Wildman–Crippen LogP) is 1.73. The van der Waals surface area contributed by atoms with E-state index in [1.807, 2.05) is 31.0 Å². The van der Waals surface area contributed by atoms with Crippen LogP contribution in [0.5, 0.6) is 11.5 Å². The molecule has 2 saturated heterocycles. The molecule has 9 nitrogen and oxygen atoms in total. The van der Waals surface area contributed by atoms with Crippen molar-refractivity contribution in [3.63, 3.8) is 0 Å². The van der Waals surface area contributed by atoms with E-state index in [2.05, 4.69) is 26.1 Å². The van der Waals surface area contributed by atoms with Crippen LogP contribution in [0.15, 0.2) is 22.5 Å². The lowest BCUT2D eigenvalue weighted by Crippen LogP contribution is -2.48. The average molecular weight is 378 g/mol. The minimum atomic E-state index is 0.560. The lowest BCUT2D eigenvalue weighted by molar-refractivity contribution is 0.122. The number of ether oxygens (including phenoxy) is 3. The average Bonchev–Trinajstić information content (AvgIpc) is 2.71. The van der Waals surface area contributed by atoms with Gasteiger partial charge in [-0.05, 0) is 13.8 Å². The Morgan fingerprint density at radius 3 is 2.44 bits per heavy atom. The second-order valence-corrected chi connectivity index (χ2v) is 6.29. The molecule has 0 aromatic heterocycles. The summed E-state index contributed by atoms with van der Waals surface area (Å²) in [5.41, 5.74) is 4.66. The molecule has 150 valence electrons. The van der Waals surface area contributed by atoms with Gasteiger partial charge in [-0.2, -0.15) is 0 Å². The third-order valence-corrected chi connectivity index (χ3v) is 4.45. The minimum absolute atomic E-state index is 0.560. The number of rotatable bonds is 8. The largest absolute Gasteiger partial charge is 0.492 e. The van der Waals surface area contributed by atoms with Crippen molar-refractivity contribution in [2.45, 2.75) is 13.8 Å². The molecule has 27 heavy (non-hydrogen) atoms. The molecular formula is C18H30N6O3. The van der Waals surface area contributed by atoms with Crippen molar-refractivity contribution >= 4 is 11.4 Å². The van der Waals surface area contributed by atoms with Gasteiger partial charge in [0.1, 0.15) is 17.2 Å². The Kier molecular flexibility index (Phi) is 7.49. The lowest BCUT2D eigenvalue weighted by atomic mass is 10.2. The Morgan fingerprint density at radius 1 is 1.04 bits per heavy atom. The van der Waals surface area contributed by atoms with E-state index >= 15 is 0 Å². The topological polar surface area (TPSA) is 83.0 Å². The smallest absolute Gasteiger partial charge is 0.149 e. The molecule has 9 heteroatoms. The minimum Gasteiger partial charge on any atom is -0.492 e. The molecule has 1 aromatic carbocycles. The molecule has 0 atom stereocenters. The summed E-state index contributed by atoms with van der Waals surface area (Å²) in [4.78, 5) is 2.26. The van der Waals surface area contributed by atoms with Gasteiger partial charge in [-0.1, -0.05) is 5.22 Å². The van der Waals surface area contributed by atoms with Gasteiger partial charge in [0.25, 0.3) is 0 Å². The predicted molar refractivity (Wildman–Crippen MR) is 104 cm³/mol. The Balaban J connectivity index is 1.81. The zero-order valence-corrected chi connectivity index (χ0v) is 16.2. The van der Waals surface area contributed by atoms with E-state index in [9.17, 15) is 0 Å². The summed E-state index contributed by atoms with van der Waals surface area (Å²) >= 11 is 0. The van der Waals surface area contributed by atoms with Crippen LogP contribution in [-0.2, 0) is 4.74 Å². The highest BCUT2D eigenvalue weighted by molar-refractivity contribution is 5.70. The maximum absolute atomic E-state index is 5.88. The van der Waals surface area contributed by atoms with Gasteiger partial charge >= 0.3 is 0 Å². The molecule has 2 fully saturated rings. The van der Waals surface area contributed by atoms with E-state index in [0.717, 1.165) is 50.7 Å². The maximum Gasteiger partial charge on any atom is 0.149 e. The van der Waals surface area contributed by atoms with Crippen LogP contribution in [0.2, 0.25) is 0 Å². The van der Waals surface area contributed by atoms with Gasteiger partial charge in [0, 0.05) is 51.4 Å². The van der Waals surface area contributed by atoms with Crippen molar-refractivity contribution in [2.24, 2.45) is 10.3 Å².